The SMILES string of the molecule is [2H]c1c([2H])c([2H])c(N(c2ccc3c(c2)N(c2ccc4c(c2)C(C)(C)c2ccccc2-4)c2cccc4c2B3c2ccccc2N4c2ccc3c(c2)C(C)(C)c2ccccc2-3)c2c([2H])c([2H])c([2H])c([2H])c2[2H])c([2H])c1[2H]. The molecular formula is C60H46BN3. The van der Waals surface area contributed by atoms with E-state index in [0.717, 1.165) is 56.0 Å². The molecule has 0 saturated carbocycles. The van der Waals surface area contributed by atoms with Gasteiger partial charge in [-0.1, -0.05) is 155 Å². The maximum absolute atomic E-state index is 9.26. The molecule has 2 heterocycles. The monoisotopic (exact) mass is 829 g/mol. The molecule has 64 heavy (non-hydrogen) atoms. The maximum atomic E-state index is 9.26. The van der Waals surface area contributed by atoms with Crippen LogP contribution in [0, 0.1) is 0 Å². The first-order valence-electron chi connectivity index (χ1n) is 26.8. The number of nitrogens with zero attached hydrogens (tertiary/aromatic N) is 3. The minimum absolute atomic E-state index is 0.229. The van der Waals surface area contributed by atoms with Crippen LogP contribution >= 0.6 is 0 Å². The first kappa shape index (κ1) is 28.2. The van der Waals surface area contributed by atoms with Crippen LogP contribution < -0.4 is 31.1 Å². The molecule has 4 aliphatic rings. The second-order valence-electron chi connectivity index (χ2n) is 18.2. The van der Waals surface area contributed by atoms with Crippen LogP contribution in [-0.2, 0) is 10.8 Å². The van der Waals surface area contributed by atoms with Gasteiger partial charge in [-0.25, -0.2) is 0 Å². The Balaban J connectivity index is 1.09. The fraction of sp³-hybridized carbons (Fsp3) is 0.100. The zero-order chi connectivity index (χ0) is 51.6. The summed E-state index contributed by atoms with van der Waals surface area (Å²) in [5.41, 5.74) is 17.2. The molecule has 0 atom stereocenters. The first-order valence-corrected chi connectivity index (χ1v) is 21.8. The normalized spacial score (nSPS) is 17.2. The van der Waals surface area contributed by atoms with Gasteiger partial charge in [0.2, 0.25) is 0 Å². The van der Waals surface area contributed by atoms with Crippen LogP contribution in [0.15, 0.2) is 206 Å². The molecule has 0 radical (unpaired) electrons. The van der Waals surface area contributed by atoms with Crippen molar-refractivity contribution in [2.45, 2.75) is 38.5 Å². The molecule has 13 rings (SSSR count). The van der Waals surface area contributed by atoms with Gasteiger partial charge >= 0.3 is 0 Å². The van der Waals surface area contributed by atoms with Gasteiger partial charge in [0.05, 0.1) is 13.7 Å². The van der Waals surface area contributed by atoms with Gasteiger partial charge in [-0.3, -0.25) is 0 Å². The summed E-state index contributed by atoms with van der Waals surface area (Å²) in [4.78, 5) is 5.85. The van der Waals surface area contributed by atoms with E-state index in [1.807, 2.05) is 12.1 Å². The van der Waals surface area contributed by atoms with Crippen molar-refractivity contribution >= 4 is 74.3 Å². The smallest absolute Gasteiger partial charge is 0.252 e. The van der Waals surface area contributed by atoms with Crippen molar-refractivity contribution in [3.63, 3.8) is 0 Å². The Morgan fingerprint density at radius 2 is 0.875 bits per heavy atom. The number of benzene rings is 9. The van der Waals surface area contributed by atoms with E-state index in [1.165, 1.54) is 38.3 Å². The van der Waals surface area contributed by atoms with Crippen LogP contribution in [0.4, 0.5) is 51.2 Å². The van der Waals surface area contributed by atoms with Crippen LogP contribution in [0.2, 0.25) is 0 Å². The van der Waals surface area contributed by atoms with Gasteiger partial charge in [-0.05, 0) is 140 Å². The highest BCUT2D eigenvalue weighted by molar-refractivity contribution is 7.00. The maximum Gasteiger partial charge on any atom is 0.252 e. The van der Waals surface area contributed by atoms with Crippen molar-refractivity contribution < 1.29 is 13.7 Å². The van der Waals surface area contributed by atoms with Crippen LogP contribution in [0.25, 0.3) is 22.3 Å². The lowest BCUT2D eigenvalue weighted by Crippen LogP contribution is -2.61. The average Bonchev–Trinajstić information content (AvgIpc) is 3.81. The van der Waals surface area contributed by atoms with Crippen LogP contribution in [-0.4, -0.2) is 6.71 Å². The van der Waals surface area contributed by atoms with Gasteiger partial charge < -0.3 is 14.7 Å². The fourth-order valence-electron chi connectivity index (χ4n) is 11.3. The Bertz CT molecular complexity index is 3860. The highest BCUT2D eigenvalue weighted by Crippen LogP contribution is 2.54. The predicted octanol–water partition coefficient (Wildman–Crippen LogP) is 13.9. The Morgan fingerprint density at radius 3 is 1.45 bits per heavy atom. The van der Waals surface area contributed by atoms with Crippen molar-refractivity contribution in [3.05, 3.63) is 228 Å². The summed E-state index contributed by atoms with van der Waals surface area (Å²) in [5, 5.41) is 0. The number of hydrogen-bond acceptors (Lipinski definition) is 3. The minimum Gasteiger partial charge on any atom is -0.311 e. The van der Waals surface area contributed by atoms with Gasteiger partial charge in [0, 0.05) is 62.0 Å². The first-order chi connectivity index (χ1) is 35.4. The van der Waals surface area contributed by atoms with E-state index in [1.54, 1.807) is 6.07 Å². The standard InChI is InChI=1S/C60H46BN3/c1-59(2)48-24-13-11-22-44(48)46-33-30-41(36-50(46)59)63-54-27-16-15-26-52(54)61-53-35-32-43(62(39-18-7-5-8-19-39)40-20-9-6-10-21-40)38-57(53)64(56-29-17-28-55(63)58(56)61)42-31-34-47-45-23-12-14-25-49(45)60(3,4)51(47)37-42/h5-38H,1-4H3/i5D,6D,7D,8D,9D,10D,18D,19D,20D,21D. The van der Waals surface area contributed by atoms with Crippen LogP contribution in [0.3, 0.4) is 0 Å². The molecule has 0 unspecified atom stereocenters. The summed E-state index contributed by atoms with van der Waals surface area (Å²) >= 11 is 0. The molecule has 0 fully saturated rings. The zero-order valence-corrected chi connectivity index (χ0v) is 35.8. The Hall–Kier alpha value is -7.56. The summed E-state index contributed by atoms with van der Waals surface area (Å²) in [7, 11) is 0. The van der Waals surface area contributed by atoms with Crippen LogP contribution in [0.5, 0.6) is 0 Å². The van der Waals surface area contributed by atoms with Crippen molar-refractivity contribution in [3.8, 4) is 22.3 Å². The van der Waals surface area contributed by atoms with Gasteiger partial charge in [0.25, 0.3) is 6.71 Å². The Labute approximate surface area is 390 Å². The van der Waals surface area contributed by atoms with Gasteiger partial charge in [0.1, 0.15) is 0 Å². The molecule has 0 aromatic heterocycles. The summed E-state index contributed by atoms with van der Waals surface area (Å²) in [6.07, 6.45) is 0. The molecule has 4 heteroatoms. The summed E-state index contributed by atoms with van der Waals surface area (Å²) in [6.45, 7) is 8.75. The lowest BCUT2D eigenvalue weighted by Gasteiger charge is -2.44. The lowest BCUT2D eigenvalue weighted by atomic mass is 9.33. The molecule has 0 N–H and O–H groups in total. The van der Waals surface area contributed by atoms with Gasteiger partial charge in [-0.2, -0.15) is 0 Å². The highest BCUT2D eigenvalue weighted by atomic mass is 15.2. The molecule has 9 aromatic rings. The van der Waals surface area contributed by atoms with Crippen molar-refractivity contribution in [2.75, 3.05) is 14.7 Å². The molecule has 2 aliphatic carbocycles. The van der Waals surface area contributed by atoms with E-state index in [9.17, 15) is 5.48 Å². The number of para-hydroxylation sites is 3. The summed E-state index contributed by atoms with van der Waals surface area (Å²) in [6, 6.07) is 44.9. The molecule has 0 amide bonds. The van der Waals surface area contributed by atoms with E-state index in [-0.39, 0.29) is 34.6 Å². The highest BCUT2D eigenvalue weighted by Gasteiger charge is 2.45. The number of rotatable bonds is 5. The van der Waals surface area contributed by atoms with Gasteiger partial charge in [-0.15, -0.1) is 0 Å². The molecule has 0 saturated heterocycles. The Morgan fingerprint density at radius 1 is 0.406 bits per heavy atom. The van der Waals surface area contributed by atoms with Crippen molar-refractivity contribution in [2.24, 2.45) is 0 Å². The number of hydrogen-bond donors (Lipinski definition) is 0. The minimum atomic E-state index is -0.624. The van der Waals surface area contributed by atoms with E-state index >= 15 is 0 Å². The molecular weight excluding hydrogens is 773 g/mol. The predicted molar refractivity (Wildman–Crippen MR) is 270 cm³/mol. The second kappa shape index (κ2) is 13.5. The third-order valence-electron chi connectivity index (χ3n) is 14.2. The van der Waals surface area contributed by atoms with Crippen molar-refractivity contribution in [1.29, 1.82) is 0 Å². The number of anilines is 9. The van der Waals surface area contributed by atoms with Crippen LogP contribution in [0.1, 0.15) is 63.7 Å². The van der Waals surface area contributed by atoms with E-state index in [2.05, 4.69) is 165 Å². The van der Waals surface area contributed by atoms with E-state index in [4.69, 9.17) is 8.22 Å². The van der Waals surface area contributed by atoms with E-state index in [0.29, 0.717) is 5.69 Å². The fourth-order valence-corrected chi connectivity index (χ4v) is 11.3. The molecule has 0 bridgehead atoms. The number of fused-ring (bicyclic) bond motifs is 10. The second-order valence-corrected chi connectivity index (χ2v) is 18.2. The van der Waals surface area contributed by atoms with E-state index < -0.39 is 60.4 Å². The Kier molecular flexibility index (Phi) is 5.94. The van der Waals surface area contributed by atoms with Crippen molar-refractivity contribution in [1.82, 2.24) is 0 Å². The largest absolute Gasteiger partial charge is 0.311 e. The summed E-state index contributed by atoms with van der Waals surface area (Å²) < 4.78 is 89.1. The lowest BCUT2D eigenvalue weighted by molar-refractivity contribution is 0.660. The third kappa shape index (κ3) is 5.11. The topological polar surface area (TPSA) is 9.72 Å². The summed E-state index contributed by atoms with van der Waals surface area (Å²) in [5.74, 6) is 0. The quantitative estimate of drug-likeness (QED) is 0.160. The average molecular weight is 830 g/mol. The molecule has 304 valence electrons. The third-order valence-corrected chi connectivity index (χ3v) is 14.2. The molecule has 9 aromatic carbocycles. The zero-order valence-electron chi connectivity index (χ0n) is 45.8. The molecule has 2 aliphatic heterocycles. The molecule has 3 nitrogen and oxygen atoms in total. The molecule has 0 spiro atoms. The van der Waals surface area contributed by atoms with Gasteiger partial charge in [0.15, 0.2) is 0 Å².